The maximum absolute atomic E-state index is 13.0. The summed E-state index contributed by atoms with van der Waals surface area (Å²) >= 11 is 0. The van der Waals surface area contributed by atoms with E-state index >= 15 is 0 Å². The van der Waals surface area contributed by atoms with Gasteiger partial charge in [-0.15, -0.1) is 0 Å². The normalized spacial score (nSPS) is 29.1. The molecule has 0 unspecified atom stereocenters. The van der Waals surface area contributed by atoms with Crippen LogP contribution in [0.15, 0.2) is 11.8 Å². The molecule has 15 heteroatoms. The van der Waals surface area contributed by atoms with Gasteiger partial charge in [-0.05, 0) is 71.4 Å². The van der Waals surface area contributed by atoms with Gasteiger partial charge in [-0.2, -0.15) is 0 Å². The van der Waals surface area contributed by atoms with E-state index in [0.29, 0.717) is 13.0 Å². The van der Waals surface area contributed by atoms with Gasteiger partial charge in [0.15, 0.2) is 12.6 Å². The van der Waals surface area contributed by atoms with Crippen LogP contribution >= 0.6 is 0 Å². The van der Waals surface area contributed by atoms with Gasteiger partial charge in [-0.1, -0.05) is 6.92 Å². The number of aliphatic hydroxyl groups is 4. The van der Waals surface area contributed by atoms with Crippen LogP contribution < -0.4 is 21.7 Å². The van der Waals surface area contributed by atoms with Crippen molar-refractivity contribution in [3.8, 4) is 0 Å². The number of hydrogen-bond donors (Lipinski definition) is 8. The van der Waals surface area contributed by atoms with Gasteiger partial charge in [-0.3, -0.25) is 4.79 Å². The number of nitrogens with two attached hydrogens (primary N) is 1. The Hall–Kier alpha value is -2.08. The van der Waals surface area contributed by atoms with Crippen molar-refractivity contribution < 1.29 is 53.7 Å². The van der Waals surface area contributed by atoms with Crippen LogP contribution in [0.5, 0.6) is 0 Å². The lowest BCUT2D eigenvalue weighted by Crippen LogP contribution is -2.66. The van der Waals surface area contributed by atoms with E-state index in [9.17, 15) is 30.0 Å². The molecule has 2 saturated carbocycles. The fraction of sp³-hybridized carbons (Fsp3) is 0.867. The molecule has 1 heterocycles. The number of ether oxygens (including phenoxy) is 5. The highest BCUT2D eigenvalue weighted by atomic mass is 16.7. The van der Waals surface area contributed by atoms with Crippen LogP contribution in [0.4, 0.5) is 4.79 Å². The lowest BCUT2D eigenvalue weighted by Gasteiger charge is -2.45. The fourth-order valence-electron chi connectivity index (χ4n) is 5.12. The Morgan fingerprint density at radius 2 is 1.91 bits per heavy atom. The van der Waals surface area contributed by atoms with Gasteiger partial charge in [0.25, 0.3) is 5.91 Å². The van der Waals surface area contributed by atoms with Crippen molar-refractivity contribution in [1.29, 1.82) is 0 Å². The van der Waals surface area contributed by atoms with E-state index in [2.05, 4.69) is 16.0 Å². The Labute approximate surface area is 265 Å². The van der Waals surface area contributed by atoms with Gasteiger partial charge < -0.3 is 65.8 Å². The molecule has 3 rings (SSSR count). The summed E-state index contributed by atoms with van der Waals surface area (Å²) < 4.78 is 29.0. The average molecular weight is 647 g/mol. The van der Waals surface area contributed by atoms with Crippen molar-refractivity contribution in [2.45, 2.75) is 127 Å². The maximum atomic E-state index is 13.0. The standard InChI is InChI=1S/C30H54N4O11/c1-5-21(36)28(41-12-11-35)44-26-20(34-27(39)22(37)16-33-29(40)45-30(2,3)4)13-19(31)25(24(26)38)43-23-8-6-7-18(42-23)15-32-14-17-9-10-17/h7,17,19-26,28,32,35-38H,5-6,8-16,31H2,1-4H3,(H,33,40)(H,34,39)/t19-,20+,21+,22+,23+,24-,25+,26-,28+/m0/s1. The van der Waals surface area contributed by atoms with Gasteiger partial charge >= 0.3 is 6.09 Å². The fourth-order valence-corrected chi connectivity index (χ4v) is 5.12. The molecule has 9 N–H and O–H groups in total. The first-order valence-electron chi connectivity index (χ1n) is 16.0. The molecular weight excluding hydrogens is 592 g/mol. The Morgan fingerprint density at radius 3 is 2.56 bits per heavy atom. The Bertz CT molecular complexity index is 961. The molecule has 1 aliphatic heterocycles. The first-order valence-corrected chi connectivity index (χ1v) is 16.0. The van der Waals surface area contributed by atoms with Crippen LogP contribution in [0.3, 0.4) is 0 Å². The average Bonchev–Trinajstić information content (AvgIpc) is 3.81. The van der Waals surface area contributed by atoms with Gasteiger partial charge in [-0.25, -0.2) is 4.79 Å². The molecule has 0 radical (unpaired) electrons. The summed E-state index contributed by atoms with van der Waals surface area (Å²) in [6.07, 6.45) is -3.02. The summed E-state index contributed by atoms with van der Waals surface area (Å²) in [6, 6.07) is -1.72. The molecule has 0 bridgehead atoms. The minimum atomic E-state index is -1.66. The SMILES string of the molecule is CC[C@@H](O)[C@H](OCCO)O[C@@H]1[C@@H](O)[C@H](O[C@@H]2CCC=C(CNCC3CC3)O2)[C@@H](N)C[C@H]1NC(=O)[C@H](O)CNC(=O)OC(C)(C)C. The molecule has 0 aromatic carbocycles. The molecule has 15 nitrogen and oxygen atoms in total. The van der Waals surface area contributed by atoms with E-state index in [1.165, 1.54) is 12.8 Å². The van der Waals surface area contributed by atoms with Crippen LogP contribution in [0.2, 0.25) is 0 Å². The molecule has 0 aromatic rings. The summed E-state index contributed by atoms with van der Waals surface area (Å²) in [5, 5.41) is 50.2. The van der Waals surface area contributed by atoms with Crippen molar-refractivity contribution in [3.63, 3.8) is 0 Å². The second-order valence-electron chi connectivity index (χ2n) is 12.9. The second-order valence-corrected chi connectivity index (χ2v) is 12.9. The van der Waals surface area contributed by atoms with Gasteiger partial charge in [0.05, 0.1) is 32.3 Å². The molecule has 9 atom stereocenters. The molecule has 2 aliphatic carbocycles. The van der Waals surface area contributed by atoms with Crippen LogP contribution in [0.1, 0.15) is 66.2 Å². The molecule has 260 valence electrons. The number of carbonyl (C=O) groups is 2. The van der Waals surface area contributed by atoms with Crippen molar-refractivity contribution in [3.05, 3.63) is 11.8 Å². The summed E-state index contributed by atoms with van der Waals surface area (Å²) in [5.41, 5.74) is 5.71. The van der Waals surface area contributed by atoms with E-state index in [4.69, 9.17) is 29.4 Å². The third kappa shape index (κ3) is 12.6. The lowest BCUT2D eigenvalue weighted by molar-refractivity contribution is -0.269. The zero-order valence-electron chi connectivity index (χ0n) is 26.9. The number of amides is 2. The predicted molar refractivity (Wildman–Crippen MR) is 161 cm³/mol. The number of allylic oxidation sites excluding steroid dienone is 1. The summed E-state index contributed by atoms with van der Waals surface area (Å²) in [5.74, 6) is 0.623. The molecular formula is C30H54N4O11. The van der Waals surface area contributed by atoms with Crippen LogP contribution in [0, 0.1) is 5.92 Å². The molecule has 0 aromatic heterocycles. The minimum absolute atomic E-state index is 0.0671. The summed E-state index contributed by atoms with van der Waals surface area (Å²) in [7, 11) is 0. The minimum Gasteiger partial charge on any atom is -0.468 e. The number of hydrogen-bond acceptors (Lipinski definition) is 13. The predicted octanol–water partition coefficient (Wildman–Crippen LogP) is -0.655. The Kier molecular flexibility index (Phi) is 14.7. The molecule has 2 amide bonds. The zero-order chi connectivity index (χ0) is 33.1. The highest BCUT2D eigenvalue weighted by Gasteiger charge is 2.48. The lowest BCUT2D eigenvalue weighted by atomic mass is 9.83. The maximum Gasteiger partial charge on any atom is 0.407 e. The molecule has 0 saturated heterocycles. The quantitative estimate of drug-likeness (QED) is 0.0921. The van der Waals surface area contributed by atoms with Crippen molar-refractivity contribution >= 4 is 12.0 Å². The highest BCUT2D eigenvalue weighted by Crippen LogP contribution is 2.30. The number of nitrogens with one attached hydrogen (secondary N) is 3. The van der Waals surface area contributed by atoms with Gasteiger partial charge in [0.1, 0.15) is 41.9 Å². The molecule has 0 spiro atoms. The summed E-state index contributed by atoms with van der Waals surface area (Å²) in [6.45, 7) is 7.35. The Balaban J connectivity index is 1.68. The number of carbonyl (C=O) groups excluding carboxylic acids is 2. The number of rotatable bonds is 17. The molecule has 2 fully saturated rings. The zero-order valence-corrected chi connectivity index (χ0v) is 26.9. The third-order valence-electron chi connectivity index (χ3n) is 7.68. The van der Waals surface area contributed by atoms with E-state index in [0.717, 1.165) is 24.6 Å². The smallest absolute Gasteiger partial charge is 0.407 e. The highest BCUT2D eigenvalue weighted by molar-refractivity contribution is 5.81. The van der Waals surface area contributed by atoms with E-state index in [1.807, 2.05) is 6.08 Å². The topological polar surface area (TPSA) is 223 Å². The largest absolute Gasteiger partial charge is 0.468 e. The second kappa shape index (κ2) is 17.7. The van der Waals surface area contributed by atoms with Crippen molar-refractivity contribution in [1.82, 2.24) is 16.0 Å². The number of aliphatic hydroxyl groups excluding tert-OH is 4. The van der Waals surface area contributed by atoms with Crippen LogP contribution in [0.25, 0.3) is 0 Å². The Morgan fingerprint density at radius 1 is 1.18 bits per heavy atom. The number of alkyl carbamates (subject to hydrolysis) is 1. The molecule has 3 aliphatic rings. The van der Waals surface area contributed by atoms with E-state index in [-0.39, 0.29) is 26.1 Å². The summed E-state index contributed by atoms with van der Waals surface area (Å²) in [4.78, 5) is 25.0. The van der Waals surface area contributed by atoms with Gasteiger partial charge in [0.2, 0.25) is 0 Å². The molecule has 45 heavy (non-hydrogen) atoms. The van der Waals surface area contributed by atoms with E-state index < -0.39 is 79.3 Å². The van der Waals surface area contributed by atoms with Crippen LogP contribution in [-0.4, -0.2) is 126 Å². The first-order chi connectivity index (χ1) is 21.3. The van der Waals surface area contributed by atoms with Crippen molar-refractivity contribution in [2.75, 3.05) is 32.8 Å². The van der Waals surface area contributed by atoms with Crippen molar-refractivity contribution in [2.24, 2.45) is 11.7 Å². The van der Waals surface area contributed by atoms with Crippen LogP contribution in [-0.2, 0) is 28.5 Å². The van der Waals surface area contributed by atoms with Gasteiger partial charge in [0, 0.05) is 12.5 Å². The third-order valence-corrected chi connectivity index (χ3v) is 7.68. The van der Waals surface area contributed by atoms with E-state index in [1.54, 1.807) is 27.7 Å². The monoisotopic (exact) mass is 646 g/mol. The first kappa shape index (κ1) is 37.4.